The number of rotatable bonds is 5. The maximum absolute atomic E-state index is 12.3. The van der Waals surface area contributed by atoms with E-state index in [2.05, 4.69) is 20.9 Å². The lowest BCUT2D eigenvalue weighted by Crippen LogP contribution is -2.14. The first-order valence-corrected chi connectivity index (χ1v) is 8.95. The summed E-state index contributed by atoms with van der Waals surface area (Å²) in [5.74, 6) is 0.0585. The second-order valence-electron chi connectivity index (χ2n) is 5.67. The molecule has 2 aromatic carbocycles. The number of aryl methyl sites for hydroxylation is 2. The Kier molecular flexibility index (Phi) is 4.35. The molecule has 1 heterocycles. The van der Waals surface area contributed by atoms with E-state index in [1.165, 1.54) is 6.33 Å². The molecule has 6 nitrogen and oxygen atoms in total. The molecule has 3 aromatic rings. The Morgan fingerprint density at radius 1 is 1.04 bits per heavy atom. The lowest BCUT2D eigenvalue weighted by Gasteiger charge is -2.05. The number of sulfonamides is 1. The molecule has 7 heteroatoms. The Morgan fingerprint density at radius 3 is 2.50 bits per heavy atom. The van der Waals surface area contributed by atoms with Crippen molar-refractivity contribution in [3.63, 3.8) is 0 Å². The summed E-state index contributed by atoms with van der Waals surface area (Å²) in [5.41, 5.74) is 3.23. The fraction of sp³-hybridized carbons (Fsp3) is 0.176. The Hall–Kier alpha value is -2.67. The highest BCUT2D eigenvalue weighted by atomic mass is 32.2. The third kappa shape index (κ3) is 3.80. The molecule has 0 unspecified atom stereocenters. The number of hydrogen-bond acceptors (Lipinski definition) is 4. The average Bonchev–Trinajstić information content (AvgIpc) is 2.94. The molecule has 0 fully saturated rings. The van der Waals surface area contributed by atoms with Crippen LogP contribution in [-0.2, 0) is 16.6 Å². The van der Waals surface area contributed by atoms with E-state index in [-0.39, 0.29) is 10.8 Å². The van der Waals surface area contributed by atoms with E-state index < -0.39 is 10.0 Å². The van der Waals surface area contributed by atoms with E-state index in [0.717, 1.165) is 16.7 Å². The molecule has 0 saturated carbocycles. The molecule has 0 atom stereocenters. The molecular weight excluding hydrogens is 324 g/mol. The van der Waals surface area contributed by atoms with Gasteiger partial charge in [0.05, 0.1) is 11.4 Å². The number of aromatic nitrogens is 3. The van der Waals surface area contributed by atoms with E-state index in [0.29, 0.717) is 6.54 Å². The minimum Gasteiger partial charge on any atom is -0.246 e. The molecule has 0 radical (unpaired) electrons. The lowest BCUT2D eigenvalue weighted by atomic mass is 10.1. The molecule has 1 aromatic heterocycles. The summed E-state index contributed by atoms with van der Waals surface area (Å²) in [6.07, 6.45) is 1.51. The van der Waals surface area contributed by atoms with Crippen LogP contribution in [0, 0.1) is 13.8 Å². The molecule has 124 valence electrons. The van der Waals surface area contributed by atoms with E-state index in [1.54, 1.807) is 28.9 Å². The van der Waals surface area contributed by atoms with Gasteiger partial charge in [0, 0.05) is 0 Å². The van der Waals surface area contributed by atoms with Crippen LogP contribution in [0.5, 0.6) is 0 Å². The van der Waals surface area contributed by atoms with Crippen molar-refractivity contribution < 1.29 is 8.42 Å². The zero-order valence-corrected chi connectivity index (χ0v) is 14.3. The SMILES string of the molecule is Cc1ccc(S(=O)(=O)Nc2ncn(Cc3cccc(C)c3)n2)cc1. The molecule has 0 spiro atoms. The molecule has 0 aliphatic carbocycles. The maximum Gasteiger partial charge on any atom is 0.264 e. The molecule has 0 bridgehead atoms. The molecule has 0 aliphatic rings. The summed E-state index contributed by atoms with van der Waals surface area (Å²) in [6.45, 7) is 4.45. The number of nitrogens with one attached hydrogen (secondary N) is 1. The van der Waals surface area contributed by atoms with Gasteiger partial charge in [0.2, 0.25) is 0 Å². The Bertz CT molecular complexity index is 947. The van der Waals surface area contributed by atoms with Crippen LogP contribution in [0.15, 0.2) is 59.8 Å². The van der Waals surface area contributed by atoms with Crippen LogP contribution >= 0.6 is 0 Å². The Morgan fingerprint density at radius 2 is 1.79 bits per heavy atom. The summed E-state index contributed by atoms with van der Waals surface area (Å²) in [7, 11) is -3.68. The van der Waals surface area contributed by atoms with Crippen molar-refractivity contribution in [3.8, 4) is 0 Å². The number of benzene rings is 2. The quantitative estimate of drug-likeness (QED) is 0.773. The number of anilines is 1. The van der Waals surface area contributed by atoms with Gasteiger partial charge in [-0.2, -0.15) is 4.98 Å². The van der Waals surface area contributed by atoms with Crippen LogP contribution in [-0.4, -0.2) is 23.2 Å². The van der Waals surface area contributed by atoms with Crippen LogP contribution in [0.1, 0.15) is 16.7 Å². The van der Waals surface area contributed by atoms with E-state index in [4.69, 9.17) is 0 Å². The zero-order chi connectivity index (χ0) is 17.2. The van der Waals surface area contributed by atoms with Gasteiger partial charge in [0.1, 0.15) is 6.33 Å². The van der Waals surface area contributed by atoms with Crippen molar-refractivity contribution in [3.05, 3.63) is 71.5 Å². The third-order valence-electron chi connectivity index (χ3n) is 3.52. The largest absolute Gasteiger partial charge is 0.264 e. The van der Waals surface area contributed by atoms with Gasteiger partial charge in [0.25, 0.3) is 16.0 Å². The highest BCUT2D eigenvalue weighted by Gasteiger charge is 2.16. The van der Waals surface area contributed by atoms with Gasteiger partial charge in [0.15, 0.2) is 0 Å². The van der Waals surface area contributed by atoms with Gasteiger partial charge in [-0.15, -0.1) is 5.10 Å². The minimum atomic E-state index is -3.68. The second kappa shape index (κ2) is 6.45. The summed E-state index contributed by atoms with van der Waals surface area (Å²) >= 11 is 0. The molecule has 1 N–H and O–H groups in total. The summed E-state index contributed by atoms with van der Waals surface area (Å²) < 4.78 is 28.6. The van der Waals surface area contributed by atoms with Crippen LogP contribution in [0.4, 0.5) is 5.95 Å². The number of hydrogen-bond donors (Lipinski definition) is 1. The van der Waals surface area contributed by atoms with Crippen molar-refractivity contribution in [1.29, 1.82) is 0 Å². The Balaban J connectivity index is 1.75. The summed E-state index contributed by atoms with van der Waals surface area (Å²) in [6, 6.07) is 14.6. The predicted octanol–water partition coefficient (Wildman–Crippen LogP) is 2.74. The monoisotopic (exact) mass is 342 g/mol. The van der Waals surface area contributed by atoms with E-state index in [9.17, 15) is 8.42 Å². The van der Waals surface area contributed by atoms with Crippen molar-refractivity contribution >= 4 is 16.0 Å². The fourth-order valence-electron chi connectivity index (χ4n) is 2.31. The molecular formula is C17H18N4O2S. The van der Waals surface area contributed by atoms with Gasteiger partial charge in [-0.05, 0) is 31.5 Å². The van der Waals surface area contributed by atoms with Crippen molar-refractivity contribution in [2.45, 2.75) is 25.3 Å². The highest BCUT2D eigenvalue weighted by Crippen LogP contribution is 2.14. The Labute approximate surface area is 141 Å². The van der Waals surface area contributed by atoms with Crippen molar-refractivity contribution in [1.82, 2.24) is 14.8 Å². The predicted molar refractivity (Wildman–Crippen MR) is 92.3 cm³/mol. The standard InChI is InChI=1S/C17H18N4O2S/c1-13-6-8-16(9-7-13)24(22,23)20-17-18-12-21(19-17)11-15-5-3-4-14(2)10-15/h3-10,12H,11H2,1-2H3,(H,19,20). The van der Waals surface area contributed by atoms with Crippen molar-refractivity contribution in [2.75, 3.05) is 4.72 Å². The van der Waals surface area contributed by atoms with Crippen LogP contribution in [0.3, 0.4) is 0 Å². The van der Waals surface area contributed by atoms with Crippen LogP contribution < -0.4 is 4.72 Å². The van der Waals surface area contributed by atoms with Crippen molar-refractivity contribution in [2.24, 2.45) is 0 Å². The van der Waals surface area contributed by atoms with Gasteiger partial charge >= 0.3 is 0 Å². The van der Waals surface area contributed by atoms with Crippen LogP contribution in [0.2, 0.25) is 0 Å². The minimum absolute atomic E-state index is 0.0585. The first-order valence-electron chi connectivity index (χ1n) is 7.47. The molecule has 24 heavy (non-hydrogen) atoms. The van der Waals surface area contributed by atoms with Gasteiger partial charge in [-0.1, -0.05) is 47.5 Å². The average molecular weight is 342 g/mol. The second-order valence-corrected chi connectivity index (χ2v) is 7.36. The van der Waals surface area contributed by atoms with E-state index >= 15 is 0 Å². The van der Waals surface area contributed by atoms with E-state index in [1.807, 2.05) is 32.0 Å². The zero-order valence-electron chi connectivity index (χ0n) is 13.5. The lowest BCUT2D eigenvalue weighted by molar-refractivity contribution is 0.600. The first kappa shape index (κ1) is 16.2. The molecule has 0 saturated heterocycles. The molecule has 0 amide bonds. The number of nitrogens with zero attached hydrogens (tertiary/aromatic N) is 3. The topological polar surface area (TPSA) is 76.9 Å². The maximum atomic E-state index is 12.3. The summed E-state index contributed by atoms with van der Waals surface area (Å²) in [4.78, 5) is 4.21. The highest BCUT2D eigenvalue weighted by molar-refractivity contribution is 7.92. The third-order valence-corrected chi connectivity index (χ3v) is 4.86. The molecule has 0 aliphatic heterocycles. The van der Waals surface area contributed by atoms with Gasteiger partial charge in [-0.3, -0.25) is 0 Å². The molecule has 3 rings (SSSR count). The van der Waals surface area contributed by atoms with Gasteiger partial charge < -0.3 is 0 Å². The first-order chi connectivity index (χ1) is 11.4. The normalized spacial score (nSPS) is 11.4. The smallest absolute Gasteiger partial charge is 0.246 e. The summed E-state index contributed by atoms with van der Waals surface area (Å²) in [5, 5.41) is 4.18. The van der Waals surface area contributed by atoms with Gasteiger partial charge in [-0.25, -0.2) is 17.8 Å². The fourth-order valence-corrected chi connectivity index (χ4v) is 3.26. The van der Waals surface area contributed by atoms with Crippen LogP contribution in [0.25, 0.3) is 0 Å².